The first-order chi connectivity index (χ1) is 15.3. The van der Waals surface area contributed by atoms with Crippen LogP contribution in [0.5, 0.6) is 0 Å². The van der Waals surface area contributed by atoms with E-state index in [0.717, 1.165) is 7.11 Å². The van der Waals surface area contributed by atoms with E-state index in [-0.39, 0.29) is 13.2 Å². The number of hydrogen-bond donors (Lipinski definition) is 0. The third kappa shape index (κ3) is 5.27. The van der Waals surface area contributed by atoms with Gasteiger partial charge in [0.05, 0.1) is 19.8 Å². The van der Waals surface area contributed by atoms with Gasteiger partial charge in [-0.3, -0.25) is 0 Å². The first-order valence-electron chi connectivity index (χ1n) is 8.67. The summed E-state index contributed by atoms with van der Waals surface area (Å²) < 4.78 is 231. The Morgan fingerprint density at radius 3 is 1.40 bits per heavy atom. The molecule has 0 aliphatic carbocycles. The molecule has 0 unspecified atom stereocenters. The number of alkyl halides is 15. The lowest BCUT2D eigenvalue weighted by Crippen LogP contribution is -2.73. The van der Waals surface area contributed by atoms with Crippen LogP contribution >= 0.6 is 0 Å². The number of halogens is 15. The molecule has 0 aromatic heterocycles. The number of rotatable bonds is 14. The van der Waals surface area contributed by atoms with Gasteiger partial charge < -0.3 is 9.47 Å². The predicted octanol–water partition coefficient (Wildman–Crippen LogP) is 4.63. The van der Waals surface area contributed by atoms with Gasteiger partial charge in [-0.15, -0.1) is 0 Å². The van der Waals surface area contributed by atoms with Crippen molar-refractivity contribution in [3.8, 4) is 0 Å². The second-order valence-electron chi connectivity index (χ2n) is 6.49. The fourth-order valence-corrected chi connectivity index (χ4v) is 3.57. The SMILES string of the molecule is CCN(CCOCCOC)S(=O)(=O)C(F)(F)C(F)(F)C(F)(F)C(F)(F)C(F)(F)C(F)(F)C(F)(F)F. The predicted molar refractivity (Wildman–Crippen MR) is 84.6 cm³/mol. The first-order valence-corrected chi connectivity index (χ1v) is 10.1. The van der Waals surface area contributed by atoms with Crippen LogP contribution in [-0.2, 0) is 19.5 Å². The molecule has 212 valence electrons. The van der Waals surface area contributed by atoms with Crippen molar-refractivity contribution in [2.24, 2.45) is 0 Å². The molecule has 0 bridgehead atoms. The minimum Gasteiger partial charge on any atom is -0.382 e. The van der Waals surface area contributed by atoms with E-state index in [1.54, 1.807) is 0 Å². The maximum atomic E-state index is 14.1. The highest BCUT2D eigenvalue weighted by Crippen LogP contribution is 2.63. The van der Waals surface area contributed by atoms with E-state index in [1.807, 2.05) is 0 Å². The van der Waals surface area contributed by atoms with Crippen molar-refractivity contribution in [2.45, 2.75) is 48.0 Å². The minimum absolute atomic E-state index is 0.162. The highest BCUT2D eigenvalue weighted by Gasteiger charge is 2.94. The third-order valence-electron chi connectivity index (χ3n) is 4.23. The zero-order chi connectivity index (χ0) is 28.5. The van der Waals surface area contributed by atoms with Crippen LogP contribution in [0, 0.1) is 0 Å². The fraction of sp³-hybridized carbons (Fsp3) is 1.00. The van der Waals surface area contributed by atoms with Gasteiger partial charge in [0.1, 0.15) is 0 Å². The average Bonchev–Trinajstić information content (AvgIpc) is 2.68. The van der Waals surface area contributed by atoms with E-state index in [0.29, 0.717) is 6.92 Å². The van der Waals surface area contributed by atoms with Crippen molar-refractivity contribution in [3.05, 3.63) is 0 Å². The summed E-state index contributed by atoms with van der Waals surface area (Å²) in [6.45, 7) is -3.32. The van der Waals surface area contributed by atoms with E-state index in [9.17, 15) is 74.3 Å². The molecule has 5 nitrogen and oxygen atoms in total. The molecule has 0 amide bonds. The Morgan fingerprint density at radius 1 is 0.629 bits per heavy atom. The van der Waals surface area contributed by atoms with Gasteiger partial charge in [0.25, 0.3) is 10.0 Å². The van der Waals surface area contributed by atoms with E-state index in [4.69, 9.17) is 0 Å². The molecule has 0 heterocycles. The summed E-state index contributed by atoms with van der Waals surface area (Å²) >= 11 is 0. The van der Waals surface area contributed by atoms with Crippen LogP contribution in [0.15, 0.2) is 0 Å². The molecule has 0 spiro atoms. The first kappa shape index (κ1) is 33.8. The number of ether oxygens (including phenoxy) is 2. The maximum absolute atomic E-state index is 14.1. The van der Waals surface area contributed by atoms with Crippen molar-refractivity contribution in [2.75, 3.05) is 40.0 Å². The lowest BCUT2D eigenvalue weighted by atomic mass is 9.94. The molecule has 0 saturated heterocycles. The van der Waals surface area contributed by atoms with Gasteiger partial charge in [-0.1, -0.05) is 6.92 Å². The Morgan fingerprint density at radius 2 is 1.03 bits per heavy atom. The lowest BCUT2D eigenvalue weighted by Gasteiger charge is -2.41. The van der Waals surface area contributed by atoms with E-state index < -0.39 is 75.1 Å². The molecule has 0 aliphatic rings. The number of sulfonamides is 1. The molecule has 0 aliphatic heterocycles. The smallest absolute Gasteiger partial charge is 0.382 e. The Labute approximate surface area is 187 Å². The van der Waals surface area contributed by atoms with Crippen LogP contribution in [0.25, 0.3) is 0 Å². The van der Waals surface area contributed by atoms with Gasteiger partial charge in [-0.05, 0) is 0 Å². The Hall–Kier alpha value is -1.22. The Kier molecular flexibility index (Phi) is 9.91. The van der Waals surface area contributed by atoms with Crippen molar-refractivity contribution >= 4 is 10.0 Å². The van der Waals surface area contributed by atoms with Crippen molar-refractivity contribution in [3.63, 3.8) is 0 Å². The van der Waals surface area contributed by atoms with Crippen LogP contribution in [0.1, 0.15) is 6.92 Å². The zero-order valence-corrected chi connectivity index (χ0v) is 18.0. The number of likely N-dealkylation sites (N-methyl/N-ethyl adjacent to an activating group) is 1. The van der Waals surface area contributed by atoms with Crippen LogP contribution < -0.4 is 0 Å². The summed E-state index contributed by atoms with van der Waals surface area (Å²) in [6, 6.07) is 0. The van der Waals surface area contributed by atoms with E-state index >= 15 is 0 Å². The van der Waals surface area contributed by atoms with Gasteiger partial charge in [0.15, 0.2) is 0 Å². The molecule has 35 heavy (non-hydrogen) atoms. The van der Waals surface area contributed by atoms with Crippen molar-refractivity contribution in [1.82, 2.24) is 4.31 Å². The number of nitrogens with zero attached hydrogens (tertiary/aromatic N) is 1. The summed E-state index contributed by atoms with van der Waals surface area (Å²) in [5.41, 5.74) is 0. The third-order valence-corrected chi connectivity index (χ3v) is 6.26. The van der Waals surface area contributed by atoms with Gasteiger partial charge >= 0.3 is 41.0 Å². The molecule has 0 atom stereocenters. The summed E-state index contributed by atoms with van der Waals surface area (Å²) in [4.78, 5) is 0. The van der Waals surface area contributed by atoms with Crippen LogP contribution in [0.4, 0.5) is 65.9 Å². The molecule has 21 heteroatoms. The van der Waals surface area contributed by atoms with Crippen LogP contribution in [0.2, 0.25) is 0 Å². The molecule has 0 fully saturated rings. The average molecular weight is 579 g/mol. The number of methoxy groups -OCH3 is 1. The minimum atomic E-state index is -8.57. The van der Waals surface area contributed by atoms with Crippen LogP contribution in [0.3, 0.4) is 0 Å². The number of hydrogen-bond acceptors (Lipinski definition) is 4. The maximum Gasteiger partial charge on any atom is 0.460 e. The van der Waals surface area contributed by atoms with Gasteiger partial charge in [0.2, 0.25) is 0 Å². The second-order valence-corrected chi connectivity index (χ2v) is 8.47. The molecule has 0 radical (unpaired) electrons. The summed E-state index contributed by atoms with van der Waals surface area (Å²) in [7, 11) is -6.03. The summed E-state index contributed by atoms with van der Waals surface area (Å²) in [5, 5.41) is -7.43. The molecule has 0 N–H and O–H groups in total. The molecule has 0 saturated carbocycles. The quantitative estimate of drug-likeness (QED) is 0.223. The standard InChI is InChI=1S/C14H16F15NO4S/c1-3-30(4-5-34-7-6-33-2)35(31,32)14(28,29)12(23,24)10(19,20)8(15,16)9(17,18)11(21,22)13(25,26)27/h3-7H2,1-2H3. The molecule has 0 aromatic carbocycles. The second kappa shape index (κ2) is 10.3. The van der Waals surface area contributed by atoms with Crippen molar-refractivity contribution < 1.29 is 83.7 Å². The Balaban J connectivity index is 6.48. The molecular weight excluding hydrogens is 563 g/mol. The molecule has 0 aromatic rings. The highest BCUT2D eigenvalue weighted by atomic mass is 32.2. The summed E-state index contributed by atoms with van der Waals surface area (Å²) in [5.74, 6) is -41.8. The zero-order valence-electron chi connectivity index (χ0n) is 17.2. The molecular formula is C14H16F15NO4S. The van der Waals surface area contributed by atoms with Crippen molar-refractivity contribution in [1.29, 1.82) is 0 Å². The largest absolute Gasteiger partial charge is 0.460 e. The monoisotopic (exact) mass is 579 g/mol. The van der Waals surface area contributed by atoms with E-state index in [2.05, 4.69) is 9.47 Å². The topological polar surface area (TPSA) is 55.8 Å². The van der Waals surface area contributed by atoms with Gasteiger partial charge in [0, 0.05) is 20.2 Å². The highest BCUT2D eigenvalue weighted by molar-refractivity contribution is 7.90. The lowest BCUT2D eigenvalue weighted by molar-refractivity contribution is -0.447. The molecule has 0 rings (SSSR count). The van der Waals surface area contributed by atoms with Crippen LogP contribution in [-0.4, -0.2) is 93.8 Å². The van der Waals surface area contributed by atoms with Gasteiger partial charge in [-0.25, -0.2) is 8.42 Å². The van der Waals surface area contributed by atoms with Gasteiger partial charge in [-0.2, -0.15) is 70.2 Å². The van der Waals surface area contributed by atoms with E-state index in [1.165, 1.54) is 0 Å². The fourth-order valence-electron chi connectivity index (χ4n) is 2.14. The Bertz CT molecular complexity index is 813. The normalized spacial score (nSPS) is 15.7. The summed E-state index contributed by atoms with van der Waals surface area (Å²) in [6.07, 6.45) is -7.75.